The van der Waals surface area contributed by atoms with Crippen molar-refractivity contribution in [3.63, 3.8) is 0 Å². The quantitative estimate of drug-likeness (QED) is 0.433. The summed E-state index contributed by atoms with van der Waals surface area (Å²) < 4.78 is 44.0. The maximum Gasteiger partial charge on any atom is 0.416 e. The molecule has 3 rings (SSSR count). The summed E-state index contributed by atoms with van der Waals surface area (Å²) >= 11 is 0. The maximum atomic E-state index is 12.9. The van der Waals surface area contributed by atoms with Crippen molar-refractivity contribution < 1.29 is 32.4 Å². The van der Waals surface area contributed by atoms with Crippen LogP contribution in [-0.4, -0.2) is 34.6 Å². The highest BCUT2D eigenvalue weighted by Gasteiger charge is 2.33. The molecule has 1 heterocycles. The van der Waals surface area contributed by atoms with Gasteiger partial charge in [0.05, 0.1) is 10.5 Å². The van der Waals surface area contributed by atoms with E-state index in [1.54, 1.807) is 6.07 Å². The predicted octanol–water partition coefficient (Wildman–Crippen LogP) is 3.71. The molecule has 9 nitrogen and oxygen atoms in total. The molecule has 0 radical (unpaired) electrons. The van der Waals surface area contributed by atoms with Crippen LogP contribution in [0.1, 0.15) is 18.1 Å². The molecule has 1 N–H and O–H groups in total. The first kappa shape index (κ1) is 22.5. The molecular formula is C20H15F3N4O5. The Morgan fingerprint density at radius 3 is 2.59 bits per heavy atom. The normalized spacial score (nSPS) is 15.0. The molecule has 0 saturated carbocycles. The maximum absolute atomic E-state index is 12.9. The van der Waals surface area contributed by atoms with Gasteiger partial charge in [-0.25, -0.2) is 0 Å². The highest BCUT2D eigenvalue weighted by molar-refractivity contribution is 6.15. The molecule has 0 fully saturated rings. The molecule has 32 heavy (non-hydrogen) atoms. The van der Waals surface area contributed by atoms with Crippen molar-refractivity contribution in [3.05, 3.63) is 69.4 Å². The molecule has 166 valence electrons. The lowest BCUT2D eigenvalue weighted by atomic mass is 10.1. The molecule has 2 amide bonds. The van der Waals surface area contributed by atoms with Gasteiger partial charge < -0.3 is 9.64 Å². The molecule has 12 heteroatoms. The van der Waals surface area contributed by atoms with E-state index in [9.17, 15) is 32.9 Å². The number of nitrogens with one attached hydrogen (secondary N) is 1. The van der Waals surface area contributed by atoms with Gasteiger partial charge in [-0.1, -0.05) is 12.1 Å². The van der Waals surface area contributed by atoms with E-state index in [1.165, 1.54) is 43.1 Å². The summed E-state index contributed by atoms with van der Waals surface area (Å²) in [6.07, 6.45) is -3.29. The van der Waals surface area contributed by atoms with Crippen LogP contribution in [0.5, 0.6) is 11.5 Å². The van der Waals surface area contributed by atoms with Gasteiger partial charge in [0.25, 0.3) is 5.91 Å². The van der Waals surface area contributed by atoms with Gasteiger partial charge in [0.2, 0.25) is 17.6 Å². The Balaban J connectivity index is 1.88. The number of benzene rings is 2. The molecule has 0 bridgehead atoms. The number of hydrogen-bond acceptors (Lipinski definition) is 6. The number of aliphatic imine (C=N–C) groups is 1. The van der Waals surface area contributed by atoms with E-state index >= 15 is 0 Å². The zero-order chi connectivity index (χ0) is 23.6. The lowest BCUT2D eigenvalue weighted by Gasteiger charge is -2.15. The number of guanidine groups is 1. The van der Waals surface area contributed by atoms with E-state index in [0.29, 0.717) is 17.7 Å². The molecule has 0 saturated heterocycles. The predicted molar refractivity (Wildman–Crippen MR) is 107 cm³/mol. The van der Waals surface area contributed by atoms with Gasteiger partial charge in [-0.3, -0.25) is 25.0 Å². The van der Waals surface area contributed by atoms with E-state index in [0.717, 1.165) is 6.07 Å². The second kappa shape index (κ2) is 8.49. The van der Waals surface area contributed by atoms with Crippen molar-refractivity contribution in [1.82, 2.24) is 10.2 Å². The second-order valence-corrected chi connectivity index (χ2v) is 6.62. The number of likely N-dealkylation sites (N-methyl/N-ethyl adjacent to an activating group) is 1. The number of nitro benzene ring substituents is 1. The monoisotopic (exact) mass is 448 g/mol. The first-order valence-electron chi connectivity index (χ1n) is 8.95. The van der Waals surface area contributed by atoms with E-state index in [2.05, 4.69) is 10.3 Å². The standard InChI is InChI=1S/C20H15F3N4O5/c1-11(28)24-19-25-18(29)16(26(19)2)9-12-4-3-5-14(8-12)32-17-7-6-13(20(21,22)23)10-15(17)27(30)31/h3-10H,1-2H3,(H,24,25,28,29). The van der Waals surface area contributed by atoms with Gasteiger partial charge in [0, 0.05) is 20.0 Å². The van der Waals surface area contributed by atoms with Crippen molar-refractivity contribution in [2.45, 2.75) is 13.1 Å². The van der Waals surface area contributed by atoms with E-state index in [-0.39, 0.29) is 23.2 Å². The number of ether oxygens (including phenoxy) is 1. The van der Waals surface area contributed by atoms with Gasteiger partial charge in [0.15, 0.2) is 0 Å². The third-order valence-corrected chi connectivity index (χ3v) is 4.27. The fourth-order valence-corrected chi connectivity index (χ4v) is 2.79. The fraction of sp³-hybridized carbons (Fsp3) is 0.150. The highest BCUT2D eigenvalue weighted by atomic mass is 19.4. The van der Waals surface area contributed by atoms with Gasteiger partial charge in [-0.05, 0) is 35.9 Å². The average molecular weight is 448 g/mol. The molecule has 2 aromatic carbocycles. The van der Waals surface area contributed by atoms with Gasteiger partial charge in [0.1, 0.15) is 11.4 Å². The SMILES string of the molecule is CC(=O)NC1=NC(=O)C(=Cc2cccc(Oc3ccc(C(F)(F)F)cc3[N+](=O)[O-])c2)N1C. The minimum atomic E-state index is -4.74. The van der Waals surface area contributed by atoms with Gasteiger partial charge >= 0.3 is 11.9 Å². The summed E-state index contributed by atoms with van der Waals surface area (Å²) in [6, 6.07) is 7.98. The summed E-state index contributed by atoms with van der Waals surface area (Å²) in [5, 5.41) is 13.7. The van der Waals surface area contributed by atoms with Crippen LogP contribution in [0, 0.1) is 10.1 Å². The average Bonchev–Trinajstić information content (AvgIpc) is 2.94. The number of nitro groups is 1. The molecule has 0 spiro atoms. The molecule has 1 aliphatic rings. The van der Waals surface area contributed by atoms with Crippen LogP contribution in [0.25, 0.3) is 6.08 Å². The molecule has 0 aromatic heterocycles. The minimum Gasteiger partial charge on any atom is -0.450 e. The van der Waals surface area contributed by atoms with E-state index < -0.39 is 34.2 Å². The number of hydrogen-bond donors (Lipinski definition) is 1. The summed E-state index contributed by atoms with van der Waals surface area (Å²) in [4.78, 5) is 38.7. The number of nitrogens with zero attached hydrogens (tertiary/aromatic N) is 3. The number of carbonyl (C=O) groups excluding carboxylic acids is 2. The van der Waals surface area contributed by atoms with Crippen LogP contribution < -0.4 is 10.1 Å². The summed E-state index contributed by atoms with van der Waals surface area (Å²) in [7, 11) is 1.53. The lowest BCUT2D eigenvalue weighted by molar-refractivity contribution is -0.385. The fourth-order valence-electron chi connectivity index (χ4n) is 2.79. The van der Waals surface area contributed by atoms with Crippen molar-refractivity contribution in [2.24, 2.45) is 4.99 Å². The third-order valence-electron chi connectivity index (χ3n) is 4.27. The van der Waals surface area contributed by atoms with E-state index in [4.69, 9.17) is 4.74 Å². The third kappa shape index (κ3) is 4.91. The van der Waals surface area contributed by atoms with Crippen LogP contribution in [0.3, 0.4) is 0 Å². The molecule has 0 atom stereocenters. The van der Waals surface area contributed by atoms with Crippen LogP contribution in [0.4, 0.5) is 18.9 Å². The van der Waals surface area contributed by atoms with E-state index in [1.807, 2.05) is 0 Å². The Morgan fingerprint density at radius 2 is 1.97 bits per heavy atom. The van der Waals surface area contributed by atoms with Crippen LogP contribution in [-0.2, 0) is 15.8 Å². The smallest absolute Gasteiger partial charge is 0.416 e. The highest BCUT2D eigenvalue weighted by Crippen LogP contribution is 2.38. The summed E-state index contributed by atoms with van der Waals surface area (Å²) in [5.74, 6) is -1.22. The van der Waals surface area contributed by atoms with Crippen LogP contribution in [0.2, 0.25) is 0 Å². The van der Waals surface area contributed by atoms with Crippen LogP contribution in [0.15, 0.2) is 53.2 Å². The van der Waals surface area contributed by atoms with Crippen molar-refractivity contribution in [1.29, 1.82) is 0 Å². The largest absolute Gasteiger partial charge is 0.450 e. The number of alkyl halides is 3. The Kier molecular flexibility index (Phi) is 5.96. The van der Waals surface area contributed by atoms with Crippen molar-refractivity contribution in [2.75, 3.05) is 7.05 Å². The Bertz CT molecular complexity index is 1170. The topological polar surface area (TPSA) is 114 Å². The van der Waals surface area contributed by atoms with Gasteiger partial charge in [-0.2, -0.15) is 18.2 Å². The molecule has 1 aliphatic heterocycles. The number of halogens is 3. The Morgan fingerprint density at radius 1 is 1.25 bits per heavy atom. The number of carbonyl (C=O) groups is 2. The van der Waals surface area contributed by atoms with Crippen LogP contribution >= 0.6 is 0 Å². The molecular weight excluding hydrogens is 433 g/mol. The zero-order valence-electron chi connectivity index (χ0n) is 16.6. The lowest BCUT2D eigenvalue weighted by Crippen LogP contribution is -2.37. The number of rotatable bonds is 4. The minimum absolute atomic E-state index is 0.0570. The summed E-state index contributed by atoms with van der Waals surface area (Å²) in [5.41, 5.74) is -1.42. The first-order valence-corrected chi connectivity index (χ1v) is 8.95. The first-order chi connectivity index (χ1) is 15.0. The zero-order valence-corrected chi connectivity index (χ0v) is 16.6. The van der Waals surface area contributed by atoms with Crippen molar-refractivity contribution >= 4 is 29.5 Å². The Labute approximate surface area is 179 Å². The molecule has 0 unspecified atom stereocenters. The van der Waals surface area contributed by atoms with Gasteiger partial charge in [-0.15, -0.1) is 0 Å². The molecule has 0 aliphatic carbocycles. The second-order valence-electron chi connectivity index (χ2n) is 6.62. The number of amides is 2. The summed E-state index contributed by atoms with van der Waals surface area (Å²) in [6.45, 7) is 1.27. The Hall–Kier alpha value is -4.22. The van der Waals surface area contributed by atoms with Crippen molar-refractivity contribution in [3.8, 4) is 11.5 Å². The molecule has 2 aromatic rings.